The molecule has 0 aromatic rings. The highest BCUT2D eigenvalue weighted by atomic mass is 32.2. The number of carbonyl (C=O) groups is 4. The summed E-state index contributed by atoms with van der Waals surface area (Å²) in [4.78, 5) is 49.2. The van der Waals surface area contributed by atoms with Gasteiger partial charge in [0, 0.05) is 5.75 Å². The molecule has 10 nitrogen and oxygen atoms in total. The summed E-state index contributed by atoms with van der Waals surface area (Å²) in [6.45, 7) is 4.21. The van der Waals surface area contributed by atoms with Crippen LogP contribution in [-0.4, -0.2) is 77.3 Å². The van der Waals surface area contributed by atoms with Gasteiger partial charge in [0.15, 0.2) is 0 Å². The molecule has 0 aromatic heterocycles. The van der Waals surface area contributed by atoms with E-state index in [0.29, 0.717) is 31.6 Å². The van der Waals surface area contributed by atoms with Crippen molar-refractivity contribution in [1.82, 2.24) is 16.0 Å². The van der Waals surface area contributed by atoms with Crippen LogP contribution < -0.4 is 27.4 Å². The first-order chi connectivity index (χ1) is 15.1. The summed E-state index contributed by atoms with van der Waals surface area (Å²) in [6.07, 6.45) is 4.39. The standard InChI is InChI=1S/C20H39N5O5S2/c1-12(2)10-15(20(29)30)24-19(28)16(11-31)25-18(27)14(7-9-32-3)23-17(26)13(22)6-4-5-8-21/h12-16,31H,4-11,21-22H2,1-3H3,(H,23,26)(H,24,28)(H,25,27)(H,29,30). The third kappa shape index (κ3) is 12.5. The van der Waals surface area contributed by atoms with Crippen LogP contribution in [-0.2, 0) is 19.2 Å². The Morgan fingerprint density at radius 3 is 2.00 bits per heavy atom. The Bertz CT molecular complexity index is 609. The van der Waals surface area contributed by atoms with Gasteiger partial charge in [-0.25, -0.2) is 4.79 Å². The molecule has 0 fully saturated rings. The monoisotopic (exact) mass is 493 g/mol. The summed E-state index contributed by atoms with van der Waals surface area (Å²) in [5.74, 6) is -2.16. The molecular formula is C20H39N5O5S2. The van der Waals surface area contributed by atoms with Crippen LogP contribution in [0.2, 0.25) is 0 Å². The van der Waals surface area contributed by atoms with E-state index in [1.807, 2.05) is 20.1 Å². The van der Waals surface area contributed by atoms with Crippen LogP contribution in [0.15, 0.2) is 0 Å². The van der Waals surface area contributed by atoms with Gasteiger partial charge in [0.05, 0.1) is 6.04 Å². The van der Waals surface area contributed by atoms with E-state index in [1.54, 1.807) is 0 Å². The van der Waals surface area contributed by atoms with Gasteiger partial charge in [0.2, 0.25) is 17.7 Å². The fourth-order valence-electron chi connectivity index (χ4n) is 2.85. The minimum Gasteiger partial charge on any atom is -0.480 e. The predicted octanol–water partition coefficient (Wildman–Crippen LogP) is -0.289. The Morgan fingerprint density at radius 2 is 1.50 bits per heavy atom. The van der Waals surface area contributed by atoms with Crippen molar-refractivity contribution in [2.75, 3.05) is 24.3 Å². The molecule has 8 N–H and O–H groups in total. The predicted molar refractivity (Wildman–Crippen MR) is 131 cm³/mol. The van der Waals surface area contributed by atoms with Gasteiger partial charge >= 0.3 is 5.97 Å². The van der Waals surface area contributed by atoms with Crippen molar-refractivity contribution in [3.8, 4) is 0 Å². The number of nitrogens with two attached hydrogens (primary N) is 2. The molecule has 0 aliphatic carbocycles. The maximum absolute atomic E-state index is 12.8. The number of nitrogens with one attached hydrogen (secondary N) is 3. The van der Waals surface area contributed by atoms with Crippen molar-refractivity contribution >= 4 is 48.1 Å². The lowest BCUT2D eigenvalue weighted by Crippen LogP contribution is -2.57. The Hall–Kier alpha value is -1.50. The van der Waals surface area contributed by atoms with Gasteiger partial charge in [0.25, 0.3) is 0 Å². The summed E-state index contributed by atoms with van der Waals surface area (Å²) in [6, 6.07) is -3.76. The summed E-state index contributed by atoms with van der Waals surface area (Å²) < 4.78 is 0. The van der Waals surface area contributed by atoms with E-state index in [4.69, 9.17) is 11.5 Å². The lowest BCUT2D eigenvalue weighted by Gasteiger charge is -2.24. The van der Waals surface area contributed by atoms with Crippen molar-refractivity contribution in [1.29, 1.82) is 0 Å². The van der Waals surface area contributed by atoms with E-state index in [9.17, 15) is 24.3 Å². The summed E-state index contributed by atoms with van der Waals surface area (Å²) in [7, 11) is 0. The van der Waals surface area contributed by atoms with Crippen LogP contribution in [0, 0.1) is 5.92 Å². The van der Waals surface area contributed by atoms with Gasteiger partial charge in [-0.15, -0.1) is 0 Å². The SMILES string of the molecule is CSCCC(NC(=O)C(N)CCCCN)C(=O)NC(CS)C(=O)NC(CC(C)C)C(=O)O. The second-order valence-corrected chi connectivity index (χ2v) is 9.36. The molecule has 0 spiro atoms. The van der Waals surface area contributed by atoms with Gasteiger partial charge in [0.1, 0.15) is 18.1 Å². The molecule has 0 bridgehead atoms. The third-order valence-corrected chi connectivity index (χ3v) is 5.70. The zero-order valence-electron chi connectivity index (χ0n) is 19.1. The number of aliphatic carboxylic acids is 1. The van der Waals surface area contributed by atoms with Crippen LogP contribution in [0.25, 0.3) is 0 Å². The molecule has 0 rings (SSSR count). The van der Waals surface area contributed by atoms with E-state index >= 15 is 0 Å². The molecule has 0 radical (unpaired) electrons. The lowest BCUT2D eigenvalue weighted by molar-refractivity contribution is -0.142. The summed E-state index contributed by atoms with van der Waals surface area (Å²) >= 11 is 5.63. The van der Waals surface area contributed by atoms with Crippen molar-refractivity contribution in [2.24, 2.45) is 17.4 Å². The molecule has 0 aromatic carbocycles. The van der Waals surface area contributed by atoms with Crippen LogP contribution in [0.4, 0.5) is 0 Å². The third-order valence-electron chi connectivity index (χ3n) is 4.69. The lowest BCUT2D eigenvalue weighted by atomic mass is 10.0. The molecule has 186 valence electrons. The second kappa shape index (κ2) is 17.0. The largest absolute Gasteiger partial charge is 0.480 e. The average Bonchev–Trinajstić information content (AvgIpc) is 2.73. The van der Waals surface area contributed by atoms with Crippen LogP contribution in [0.1, 0.15) is 46.0 Å². The molecule has 12 heteroatoms. The quantitative estimate of drug-likeness (QED) is 0.107. The van der Waals surface area contributed by atoms with Crippen molar-refractivity contribution in [2.45, 2.75) is 70.1 Å². The van der Waals surface area contributed by atoms with E-state index in [0.717, 1.165) is 6.42 Å². The smallest absolute Gasteiger partial charge is 0.326 e. The van der Waals surface area contributed by atoms with Gasteiger partial charge < -0.3 is 32.5 Å². The highest BCUT2D eigenvalue weighted by molar-refractivity contribution is 7.98. The first-order valence-electron chi connectivity index (χ1n) is 10.8. The Kier molecular flexibility index (Phi) is 16.2. The van der Waals surface area contributed by atoms with Gasteiger partial charge in [-0.05, 0) is 50.2 Å². The maximum Gasteiger partial charge on any atom is 0.326 e. The summed E-state index contributed by atoms with van der Waals surface area (Å²) in [5, 5.41) is 17.0. The van der Waals surface area contributed by atoms with E-state index in [1.165, 1.54) is 11.8 Å². The zero-order valence-corrected chi connectivity index (χ0v) is 20.8. The fraction of sp³-hybridized carbons (Fsp3) is 0.800. The number of carboxylic acids is 1. The second-order valence-electron chi connectivity index (χ2n) is 8.01. The molecule has 0 heterocycles. The highest BCUT2D eigenvalue weighted by Gasteiger charge is 2.29. The first kappa shape index (κ1) is 30.5. The maximum atomic E-state index is 12.8. The fourth-order valence-corrected chi connectivity index (χ4v) is 3.58. The normalized spacial score (nSPS) is 14.8. The summed E-state index contributed by atoms with van der Waals surface area (Å²) in [5.41, 5.74) is 11.4. The van der Waals surface area contributed by atoms with E-state index in [-0.39, 0.29) is 18.1 Å². The Labute approximate surface area is 200 Å². The molecular weight excluding hydrogens is 454 g/mol. The Morgan fingerprint density at radius 1 is 0.938 bits per heavy atom. The van der Waals surface area contributed by atoms with Crippen LogP contribution >= 0.6 is 24.4 Å². The molecule has 0 aliphatic rings. The molecule has 4 unspecified atom stereocenters. The minimum atomic E-state index is -1.15. The van der Waals surface area contributed by atoms with Gasteiger partial charge in [-0.1, -0.05) is 20.3 Å². The van der Waals surface area contributed by atoms with Crippen LogP contribution in [0.3, 0.4) is 0 Å². The van der Waals surface area contributed by atoms with Gasteiger partial charge in [-0.2, -0.15) is 24.4 Å². The van der Waals surface area contributed by atoms with E-state index in [2.05, 4.69) is 28.6 Å². The number of amides is 3. The number of carboxylic acid groups (broad SMARTS) is 1. The zero-order chi connectivity index (χ0) is 24.7. The number of thiol groups is 1. The average molecular weight is 494 g/mol. The Balaban J connectivity index is 5.12. The van der Waals surface area contributed by atoms with Crippen molar-refractivity contribution in [3.05, 3.63) is 0 Å². The number of hydrogen-bond acceptors (Lipinski definition) is 8. The number of hydrogen-bond donors (Lipinski definition) is 7. The topological polar surface area (TPSA) is 177 Å². The van der Waals surface area contributed by atoms with Crippen LogP contribution in [0.5, 0.6) is 0 Å². The number of thioether (sulfide) groups is 1. The van der Waals surface area contributed by atoms with E-state index < -0.39 is 47.9 Å². The number of carbonyl (C=O) groups excluding carboxylic acids is 3. The molecule has 4 atom stereocenters. The molecule has 0 aliphatic heterocycles. The molecule has 32 heavy (non-hydrogen) atoms. The van der Waals surface area contributed by atoms with Crippen molar-refractivity contribution < 1.29 is 24.3 Å². The number of unbranched alkanes of at least 4 members (excludes halogenated alkanes) is 1. The molecule has 3 amide bonds. The molecule has 0 saturated carbocycles. The minimum absolute atomic E-state index is 0.0343. The first-order valence-corrected chi connectivity index (χ1v) is 12.8. The molecule has 0 saturated heterocycles. The van der Waals surface area contributed by atoms with Crippen molar-refractivity contribution in [3.63, 3.8) is 0 Å². The highest BCUT2D eigenvalue weighted by Crippen LogP contribution is 2.07. The number of rotatable bonds is 17. The van der Waals surface area contributed by atoms with Gasteiger partial charge in [-0.3, -0.25) is 14.4 Å².